The number of rotatable bonds is 5. The van der Waals surface area contributed by atoms with E-state index in [0.29, 0.717) is 0 Å². The molecule has 1 aromatic carbocycles. The van der Waals surface area contributed by atoms with E-state index in [4.69, 9.17) is 11.6 Å². The smallest absolute Gasteiger partial charge is 0.141 e. The number of hydrogen-bond acceptors (Lipinski definition) is 2. The summed E-state index contributed by atoms with van der Waals surface area (Å²) in [5.41, 5.74) is 1.98. The fourth-order valence-corrected chi connectivity index (χ4v) is 2.19. The van der Waals surface area contributed by atoms with Crippen LogP contribution in [0.2, 0.25) is 5.02 Å². The van der Waals surface area contributed by atoms with Crippen molar-refractivity contribution in [3.63, 3.8) is 0 Å². The third kappa shape index (κ3) is 3.33. The van der Waals surface area contributed by atoms with Crippen LogP contribution >= 0.6 is 11.6 Å². The second kappa shape index (κ2) is 6.17. The summed E-state index contributed by atoms with van der Waals surface area (Å²) in [4.78, 5) is 0. The van der Waals surface area contributed by atoms with Crippen LogP contribution in [-0.2, 0) is 7.05 Å². The SMILES string of the molecule is CCCNC(c1ccc(F)c(Cl)c1)c1cnn(C)c1. The summed E-state index contributed by atoms with van der Waals surface area (Å²) in [6.07, 6.45) is 4.78. The Hall–Kier alpha value is -1.39. The van der Waals surface area contributed by atoms with Crippen molar-refractivity contribution in [3.8, 4) is 0 Å². The van der Waals surface area contributed by atoms with Gasteiger partial charge in [0, 0.05) is 18.8 Å². The molecule has 0 spiro atoms. The molecular weight excluding hydrogens is 265 g/mol. The van der Waals surface area contributed by atoms with E-state index >= 15 is 0 Å². The Kier molecular flexibility index (Phi) is 4.56. The number of nitrogens with one attached hydrogen (secondary N) is 1. The Balaban J connectivity index is 2.33. The van der Waals surface area contributed by atoms with E-state index in [-0.39, 0.29) is 11.1 Å². The average molecular weight is 282 g/mol. The maximum absolute atomic E-state index is 13.3. The fourth-order valence-electron chi connectivity index (χ4n) is 2.00. The molecular formula is C14H17ClFN3. The molecule has 0 saturated heterocycles. The highest BCUT2D eigenvalue weighted by Crippen LogP contribution is 2.25. The Bertz CT molecular complexity index is 553. The third-order valence-electron chi connectivity index (χ3n) is 2.93. The molecule has 1 heterocycles. The van der Waals surface area contributed by atoms with Gasteiger partial charge < -0.3 is 5.32 Å². The minimum Gasteiger partial charge on any atom is -0.306 e. The summed E-state index contributed by atoms with van der Waals surface area (Å²) in [5.74, 6) is -0.397. The van der Waals surface area contributed by atoms with Crippen molar-refractivity contribution < 1.29 is 4.39 Å². The largest absolute Gasteiger partial charge is 0.306 e. The maximum Gasteiger partial charge on any atom is 0.141 e. The second-order valence-electron chi connectivity index (χ2n) is 4.51. The third-order valence-corrected chi connectivity index (χ3v) is 3.22. The highest BCUT2D eigenvalue weighted by Gasteiger charge is 2.16. The van der Waals surface area contributed by atoms with Crippen molar-refractivity contribution in [2.24, 2.45) is 7.05 Å². The van der Waals surface area contributed by atoms with E-state index in [9.17, 15) is 4.39 Å². The van der Waals surface area contributed by atoms with Gasteiger partial charge in [-0.05, 0) is 30.7 Å². The predicted octanol–water partition coefficient (Wildman–Crippen LogP) is 3.30. The number of aromatic nitrogens is 2. The normalized spacial score (nSPS) is 12.6. The van der Waals surface area contributed by atoms with Gasteiger partial charge in [0.05, 0.1) is 17.3 Å². The van der Waals surface area contributed by atoms with Crippen LogP contribution in [0.25, 0.3) is 0 Å². The summed E-state index contributed by atoms with van der Waals surface area (Å²) in [7, 11) is 1.87. The summed E-state index contributed by atoms with van der Waals surface area (Å²) in [5, 5.41) is 7.75. The first kappa shape index (κ1) is 14.0. The Morgan fingerprint density at radius 3 is 2.79 bits per heavy atom. The summed E-state index contributed by atoms with van der Waals surface area (Å²) < 4.78 is 15.0. The lowest BCUT2D eigenvalue weighted by atomic mass is 10.0. The number of nitrogens with zero attached hydrogens (tertiary/aromatic N) is 2. The van der Waals surface area contributed by atoms with E-state index in [1.165, 1.54) is 6.07 Å². The van der Waals surface area contributed by atoms with Crippen LogP contribution in [0.4, 0.5) is 4.39 Å². The molecule has 19 heavy (non-hydrogen) atoms. The maximum atomic E-state index is 13.3. The van der Waals surface area contributed by atoms with Crippen LogP contribution in [0, 0.1) is 5.82 Å². The molecule has 2 rings (SSSR count). The molecule has 0 bridgehead atoms. The highest BCUT2D eigenvalue weighted by molar-refractivity contribution is 6.30. The van der Waals surface area contributed by atoms with Crippen LogP contribution in [0.15, 0.2) is 30.6 Å². The van der Waals surface area contributed by atoms with E-state index in [0.717, 1.165) is 24.1 Å². The van der Waals surface area contributed by atoms with Crippen LogP contribution in [0.5, 0.6) is 0 Å². The van der Waals surface area contributed by atoms with Crippen molar-refractivity contribution >= 4 is 11.6 Å². The minimum atomic E-state index is -0.397. The molecule has 0 saturated carbocycles. The standard InChI is InChI=1S/C14H17ClFN3/c1-3-6-17-14(11-8-18-19(2)9-11)10-4-5-13(16)12(15)7-10/h4-5,7-9,14,17H,3,6H2,1-2H3. The first-order valence-electron chi connectivity index (χ1n) is 6.28. The van der Waals surface area contributed by atoms with Gasteiger partial charge in [-0.1, -0.05) is 24.6 Å². The van der Waals surface area contributed by atoms with Crippen molar-refractivity contribution in [2.45, 2.75) is 19.4 Å². The molecule has 0 aliphatic heterocycles. The molecule has 2 aromatic rings. The molecule has 0 radical (unpaired) electrons. The molecule has 3 nitrogen and oxygen atoms in total. The highest BCUT2D eigenvalue weighted by atomic mass is 35.5. The minimum absolute atomic E-state index is 0.0215. The van der Waals surface area contributed by atoms with Gasteiger partial charge in [-0.25, -0.2) is 4.39 Å². The fraction of sp³-hybridized carbons (Fsp3) is 0.357. The molecule has 1 N–H and O–H groups in total. The van der Waals surface area contributed by atoms with Gasteiger partial charge in [0.1, 0.15) is 5.82 Å². The number of aryl methyl sites for hydroxylation is 1. The van der Waals surface area contributed by atoms with Gasteiger partial charge in [0.2, 0.25) is 0 Å². The summed E-state index contributed by atoms with van der Waals surface area (Å²) in [6.45, 7) is 2.97. The summed E-state index contributed by atoms with van der Waals surface area (Å²) >= 11 is 5.86. The van der Waals surface area contributed by atoms with Crippen molar-refractivity contribution in [2.75, 3.05) is 6.54 Å². The van der Waals surface area contributed by atoms with E-state index in [2.05, 4.69) is 17.3 Å². The molecule has 1 aromatic heterocycles. The zero-order chi connectivity index (χ0) is 13.8. The van der Waals surface area contributed by atoms with Crippen molar-refractivity contribution in [3.05, 3.63) is 52.6 Å². The van der Waals surface area contributed by atoms with Gasteiger partial charge in [0.15, 0.2) is 0 Å². The van der Waals surface area contributed by atoms with Crippen molar-refractivity contribution in [1.29, 1.82) is 0 Å². The van der Waals surface area contributed by atoms with Crippen LogP contribution in [0.1, 0.15) is 30.5 Å². The van der Waals surface area contributed by atoms with Crippen LogP contribution in [-0.4, -0.2) is 16.3 Å². The molecule has 1 unspecified atom stereocenters. The summed E-state index contributed by atoms with van der Waals surface area (Å²) in [6, 6.07) is 4.79. The lowest BCUT2D eigenvalue weighted by Crippen LogP contribution is -2.23. The quantitative estimate of drug-likeness (QED) is 0.911. The van der Waals surface area contributed by atoms with Gasteiger partial charge in [-0.2, -0.15) is 5.10 Å². The molecule has 0 fully saturated rings. The Morgan fingerprint density at radius 2 is 2.21 bits per heavy atom. The first-order chi connectivity index (χ1) is 9.11. The molecule has 0 aliphatic carbocycles. The predicted molar refractivity (Wildman–Crippen MR) is 74.8 cm³/mol. The van der Waals surface area contributed by atoms with Gasteiger partial charge in [0.25, 0.3) is 0 Å². The van der Waals surface area contributed by atoms with E-state index < -0.39 is 5.82 Å². The molecule has 0 aliphatic rings. The zero-order valence-corrected chi connectivity index (χ0v) is 11.8. The average Bonchev–Trinajstić information content (AvgIpc) is 2.80. The number of hydrogen-bond donors (Lipinski definition) is 1. The van der Waals surface area contributed by atoms with Gasteiger partial charge >= 0.3 is 0 Å². The Morgan fingerprint density at radius 1 is 1.42 bits per heavy atom. The van der Waals surface area contributed by atoms with Crippen LogP contribution < -0.4 is 5.32 Å². The number of benzene rings is 1. The zero-order valence-electron chi connectivity index (χ0n) is 11.0. The van der Waals surface area contributed by atoms with Gasteiger partial charge in [-0.3, -0.25) is 4.68 Å². The topological polar surface area (TPSA) is 29.9 Å². The van der Waals surface area contributed by atoms with Crippen LogP contribution in [0.3, 0.4) is 0 Å². The lowest BCUT2D eigenvalue weighted by molar-refractivity contribution is 0.592. The molecule has 5 heteroatoms. The Labute approximate surface area is 117 Å². The monoisotopic (exact) mass is 281 g/mol. The van der Waals surface area contributed by atoms with E-state index in [1.54, 1.807) is 16.8 Å². The number of halogens is 2. The second-order valence-corrected chi connectivity index (χ2v) is 4.92. The lowest BCUT2D eigenvalue weighted by Gasteiger charge is -2.18. The molecule has 102 valence electrons. The van der Waals surface area contributed by atoms with E-state index in [1.807, 2.05) is 19.4 Å². The van der Waals surface area contributed by atoms with Gasteiger partial charge in [-0.15, -0.1) is 0 Å². The molecule has 0 amide bonds. The molecule has 1 atom stereocenters. The first-order valence-corrected chi connectivity index (χ1v) is 6.66. The van der Waals surface area contributed by atoms with Crippen molar-refractivity contribution in [1.82, 2.24) is 15.1 Å².